The zero-order valence-corrected chi connectivity index (χ0v) is 11.3. The molecule has 4 nitrogen and oxygen atoms in total. The average molecular weight is 259 g/mol. The van der Waals surface area contributed by atoms with Crippen molar-refractivity contribution in [3.8, 4) is 5.75 Å². The Morgan fingerprint density at radius 2 is 2.05 bits per heavy atom. The van der Waals surface area contributed by atoms with Crippen LogP contribution < -0.4 is 5.63 Å². The SMILES string of the molecule is CC(=NCC(C)C)c1c(O)c2ccccc2oc1=O. The zero-order chi connectivity index (χ0) is 14.0. The summed E-state index contributed by atoms with van der Waals surface area (Å²) in [6, 6.07) is 6.91. The molecule has 19 heavy (non-hydrogen) atoms. The van der Waals surface area contributed by atoms with Crippen molar-refractivity contribution in [2.24, 2.45) is 10.9 Å². The van der Waals surface area contributed by atoms with Gasteiger partial charge in [0, 0.05) is 6.54 Å². The van der Waals surface area contributed by atoms with E-state index in [1.54, 1.807) is 31.2 Å². The van der Waals surface area contributed by atoms with E-state index < -0.39 is 5.63 Å². The number of hydrogen-bond donors (Lipinski definition) is 1. The molecule has 0 saturated carbocycles. The molecule has 100 valence electrons. The molecule has 2 aromatic rings. The highest BCUT2D eigenvalue weighted by molar-refractivity contribution is 6.04. The van der Waals surface area contributed by atoms with Gasteiger partial charge in [-0.25, -0.2) is 4.79 Å². The summed E-state index contributed by atoms with van der Waals surface area (Å²) in [5.74, 6) is 0.335. The highest BCUT2D eigenvalue weighted by Crippen LogP contribution is 2.26. The molecule has 1 heterocycles. The summed E-state index contributed by atoms with van der Waals surface area (Å²) in [6.07, 6.45) is 0. The molecule has 1 aromatic carbocycles. The zero-order valence-electron chi connectivity index (χ0n) is 11.3. The fourth-order valence-corrected chi connectivity index (χ4v) is 1.85. The van der Waals surface area contributed by atoms with Gasteiger partial charge in [-0.3, -0.25) is 4.99 Å². The standard InChI is InChI=1S/C15H17NO3/c1-9(2)8-16-10(3)13-14(17)11-6-4-5-7-12(11)19-15(13)18/h4-7,9,17H,8H2,1-3H3. The number of fused-ring (bicyclic) bond motifs is 1. The Morgan fingerprint density at radius 1 is 1.37 bits per heavy atom. The minimum atomic E-state index is -0.554. The van der Waals surface area contributed by atoms with Gasteiger partial charge in [0.1, 0.15) is 16.9 Å². The summed E-state index contributed by atoms with van der Waals surface area (Å²) in [5.41, 5.74) is 0.483. The molecule has 1 N–H and O–H groups in total. The molecule has 0 aliphatic carbocycles. The minimum absolute atomic E-state index is 0.0585. The van der Waals surface area contributed by atoms with E-state index in [1.165, 1.54) is 0 Å². The molecule has 0 saturated heterocycles. The van der Waals surface area contributed by atoms with Gasteiger partial charge in [0.2, 0.25) is 0 Å². The van der Waals surface area contributed by atoms with Crippen LogP contribution in [0.2, 0.25) is 0 Å². The maximum atomic E-state index is 11.9. The van der Waals surface area contributed by atoms with E-state index in [9.17, 15) is 9.90 Å². The van der Waals surface area contributed by atoms with E-state index in [4.69, 9.17) is 4.42 Å². The fraction of sp³-hybridized carbons (Fsp3) is 0.333. The van der Waals surface area contributed by atoms with Gasteiger partial charge in [0.25, 0.3) is 0 Å². The van der Waals surface area contributed by atoms with Crippen LogP contribution in [0, 0.1) is 5.92 Å². The molecule has 0 aliphatic rings. The van der Waals surface area contributed by atoms with Crippen molar-refractivity contribution >= 4 is 16.7 Å². The highest BCUT2D eigenvalue weighted by Gasteiger charge is 2.15. The third-order valence-electron chi connectivity index (χ3n) is 2.84. The number of aliphatic imine (C=N–C) groups is 1. The number of nitrogens with zero attached hydrogens (tertiary/aromatic N) is 1. The maximum Gasteiger partial charge on any atom is 0.349 e. The summed E-state index contributed by atoms with van der Waals surface area (Å²) in [7, 11) is 0. The molecule has 0 radical (unpaired) electrons. The van der Waals surface area contributed by atoms with E-state index in [0.29, 0.717) is 29.1 Å². The van der Waals surface area contributed by atoms with E-state index in [1.807, 2.05) is 13.8 Å². The van der Waals surface area contributed by atoms with Crippen molar-refractivity contribution in [3.63, 3.8) is 0 Å². The second-order valence-electron chi connectivity index (χ2n) is 4.93. The minimum Gasteiger partial charge on any atom is -0.506 e. The van der Waals surface area contributed by atoms with Gasteiger partial charge in [-0.2, -0.15) is 0 Å². The Kier molecular flexibility index (Phi) is 3.69. The molecule has 0 atom stereocenters. The van der Waals surface area contributed by atoms with Crippen molar-refractivity contribution in [2.45, 2.75) is 20.8 Å². The predicted octanol–water partition coefficient (Wildman–Crippen LogP) is 2.96. The van der Waals surface area contributed by atoms with Crippen molar-refractivity contribution in [3.05, 3.63) is 40.2 Å². The first-order valence-electron chi connectivity index (χ1n) is 6.27. The van der Waals surface area contributed by atoms with Crippen molar-refractivity contribution in [2.75, 3.05) is 6.54 Å². The predicted molar refractivity (Wildman–Crippen MR) is 76.1 cm³/mol. The Morgan fingerprint density at radius 3 is 2.74 bits per heavy atom. The second kappa shape index (κ2) is 5.26. The first-order valence-corrected chi connectivity index (χ1v) is 6.27. The molecule has 0 bridgehead atoms. The lowest BCUT2D eigenvalue weighted by molar-refractivity contribution is 0.466. The third-order valence-corrected chi connectivity index (χ3v) is 2.84. The molecule has 4 heteroatoms. The Balaban J connectivity index is 2.61. The maximum absolute atomic E-state index is 11.9. The van der Waals surface area contributed by atoms with Crippen molar-refractivity contribution < 1.29 is 9.52 Å². The van der Waals surface area contributed by atoms with Gasteiger partial charge in [0.05, 0.1) is 11.1 Å². The van der Waals surface area contributed by atoms with Crippen LogP contribution in [0.1, 0.15) is 26.3 Å². The molecule has 0 unspecified atom stereocenters. The lowest BCUT2D eigenvalue weighted by Crippen LogP contribution is -2.13. The van der Waals surface area contributed by atoms with Gasteiger partial charge in [-0.1, -0.05) is 26.0 Å². The number of para-hydroxylation sites is 1. The Labute approximate surface area is 111 Å². The van der Waals surface area contributed by atoms with E-state index >= 15 is 0 Å². The van der Waals surface area contributed by atoms with Gasteiger partial charge in [0.15, 0.2) is 0 Å². The number of aromatic hydroxyl groups is 1. The van der Waals surface area contributed by atoms with E-state index in [-0.39, 0.29) is 11.3 Å². The lowest BCUT2D eigenvalue weighted by atomic mass is 10.1. The van der Waals surface area contributed by atoms with Gasteiger partial charge in [-0.15, -0.1) is 0 Å². The Bertz CT molecular complexity index is 683. The number of benzene rings is 1. The third kappa shape index (κ3) is 2.67. The van der Waals surface area contributed by atoms with Crippen LogP contribution in [0.5, 0.6) is 5.75 Å². The normalized spacial score (nSPS) is 12.3. The van der Waals surface area contributed by atoms with Crippen LogP contribution in [-0.2, 0) is 0 Å². The first kappa shape index (κ1) is 13.3. The van der Waals surface area contributed by atoms with Crippen LogP contribution in [0.3, 0.4) is 0 Å². The van der Waals surface area contributed by atoms with Crippen LogP contribution >= 0.6 is 0 Å². The molecule has 0 spiro atoms. The molecule has 0 fully saturated rings. The molecule has 2 rings (SSSR count). The molecule has 1 aromatic heterocycles. The molecular formula is C15H17NO3. The monoisotopic (exact) mass is 259 g/mol. The van der Waals surface area contributed by atoms with Crippen LogP contribution in [0.25, 0.3) is 11.0 Å². The van der Waals surface area contributed by atoms with E-state index in [0.717, 1.165) is 0 Å². The van der Waals surface area contributed by atoms with Crippen LogP contribution in [0.15, 0.2) is 38.5 Å². The van der Waals surface area contributed by atoms with Crippen molar-refractivity contribution in [1.82, 2.24) is 0 Å². The summed E-state index contributed by atoms with van der Waals surface area (Å²) in [5, 5.41) is 10.7. The smallest absolute Gasteiger partial charge is 0.349 e. The molecular weight excluding hydrogens is 242 g/mol. The summed E-state index contributed by atoms with van der Waals surface area (Å²) in [4.78, 5) is 16.3. The van der Waals surface area contributed by atoms with Crippen LogP contribution in [-0.4, -0.2) is 17.4 Å². The summed E-state index contributed by atoms with van der Waals surface area (Å²) in [6.45, 7) is 6.40. The first-order chi connectivity index (χ1) is 9.00. The topological polar surface area (TPSA) is 62.8 Å². The van der Waals surface area contributed by atoms with Crippen LogP contribution in [0.4, 0.5) is 0 Å². The summed E-state index contributed by atoms with van der Waals surface area (Å²) < 4.78 is 5.21. The van der Waals surface area contributed by atoms with E-state index in [2.05, 4.69) is 4.99 Å². The average Bonchev–Trinajstić information content (AvgIpc) is 2.36. The largest absolute Gasteiger partial charge is 0.506 e. The lowest BCUT2D eigenvalue weighted by Gasteiger charge is -2.06. The Hall–Kier alpha value is -2.10. The molecule has 0 amide bonds. The fourth-order valence-electron chi connectivity index (χ4n) is 1.85. The quantitative estimate of drug-likeness (QED) is 0.681. The number of hydrogen-bond acceptors (Lipinski definition) is 4. The molecule has 0 aliphatic heterocycles. The van der Waals surface area contributed by atoms with Crippen molar-refractivity contribution in [1.29, 1.82) is 0 Å². The van der Waals surface area contributed by atoms with Gasteiger partial charge in [-0.05, 0) is 25.0 Å². The van der Waals surface area contributed by atoms with Gasteiger partial charge < -0.3 is 9.52 Å². The summed E-state index contributed by atoms with van der Waals surface area (Å²) >= 11 is 0. The number of rotatable bonds is 3. The second-order valence-corrected chi connectivity index (χ2v) is 4.93. The van der Waals surface area contributed by atoms with Gasteiger partial charge >= 0.3 is 5.63 Å². The highest BCUT2D eigenvalue weighted by atomic mass is 16.4.